The van der Waals surface area contributed by atoms with E-state index in [2.05, 4.69) is 15.4 Å². The summed E-state index contributed by atoms with van der Waals surface area (Å²) < 4.78 is 0. The van der Waals surface area contributed by atoms with Crippen molar-refractivity contribution >= 4 is 17.3 Å². The summed E-state index contributed by atoms with van der Waals surface area (Å²) in [6.45, 7) is -9.08. The van der Waals surface area contributed by atoms with Crippen LogP contribution in [0.25, 0.3) is 0 Å². The molecule has 1 heterocycles. The van der Waals surface area contributed by atoms with Gasteiger partial charge in [0.25, 0.3) is 11.6 Å². The third-order valence-electron chi connectivity index (χ3n) is 5.76. The highest BCUT2D eigenvalue weighted by atomic mass is 16.8. The Morgan fingerprint density at radius 2 is 0.569 bits per heavy atom. The average Bonchev–Trinajstić information content (AvgIpc) is 2.96. The van der Waals surface area contributed by atoms with Gasteiger partial charge in [0.15, 0.2) is 59.4 Å². The van der Waals surface area contributed by atoms with Crippen molar-refractivity contribution < 1.29 is 59.4 Å². The highest BCUT2D eigenvalue weighted by Gasteiger charge is 2.77. The van der Waals surface area contributed by atoms with E-state index < -0.39 is 129 Å². The lowest BCUT2D eigenvalue weighted by Crippen LogP contribution is -2.63. The van der Waals surface area contributed by atoms with Crippen LogP contribution in [0.3, 0.4) is 0 Å². The van der Waals surface area contributed by atoms with Crippen LogP contribution in [-0.4, -0.2) is 112 Å². The maximum atomic E-state index is 12.1. The van der Waals surface area contributed by atoms with Gasteiger partial charge in [-0.05, 0) is 15.2 Å². The van der Waals surface area contributed by atoms with Crippen molar-refractivity contribution in [1.82, 2.24) is 15.4 Å². The van der Waals surface area contributed by atoms with Crippen LogP contribution in [-0.2, 0) is 0 Å². The van der Waals surface area contributed by atoms with Crippen molar-refractivity contribution in [2.24, 2.45) is 0 Å². The monoisotopic (exact) mass is 750 g/mol. The molecule has 0 aliphatic rings. The number of nitro groups is 12. The van der Waals surface area contributed by atoms with E-state index in [-0.39, 0.29) is 0 Å². The van der Waals surface area contributed by atoms with E-state index in [1.54, 1.807) is 0 Å². The van der Waals surface area contributed by atoms with E-state index in [1.807, 2.05) is 0 Å². The lowest BCUT2D eigenvalue weighted by Gasteiger charge is -2.22. The van der Waals surface area contributed by atoms with Crippen molar-refractivity contribution in [1.29, 1.82) is 0 Å². The molecular weight excluding hydrogens is 744 g/mol. The molecule has 0 amide bonds. The predicted molar refractivity (Wildman–Crippen MR) is 134 cm³/mol. The standard InChI is InChI=1S/C9H6N18O24/c28-16(29)7(17(30)31,18(32)33)1-13(25(46)47)4-5(14(26(48)49)2-8(19(34)35,20(36)37)21(38)39)10-12-11-6(4)15(27(50)51)3-9(22(40)41,23(42)43)24(44)45/h1-3H2. The average molecular weight is 750 g/mol. The van der Waals surface area contributed by atoms with Crippen LogP contribution >= 0.6 is 0 Å². The highest BCUT2D eigenvalue weighted by molar-refractivity contribution is 5.76. The van der Waals surface area contributed by atoms with Gasteiger partial charge in [0, 0.05) is 0 Å². The first-order valence-corrected chi connectivity index (χ1v) is 11.0. The molecule has 0 aliphatic heterocycles. The molecule has 42 heteroatoms. The molecule has 42 nitrogen and oxygen atoms in total. The summed E-state index contributed by atoms with van der Waals surface area (Å²) in [5.74, 6) is -20.4. The lowest BCUT2D eigenvalue weighted by atomic mass is 10.2. The van der Waals surface area contributed by atoms with Gasteiger partial charge in [0.2, 0.25) is 5.69 Å². The fourth-order valence-electron chi connectivity index (χ4n) is 3.24. The summed E-state index contributed by atoms with van der Waals surface area (Å²) in [7, 11) is 0. The van der Waals surface area contributed by atoms with E-state index in [0.29, 0.717) is 0 Å². The molecule has 0 unspecified atom stereocenters. The zero-order valence-electron chi connectivity index (χ0n) is 23.0. The van der Waals surface area contributed by atoms with Gasteiger partial charge in [-0.3, -0.25) is 91.0 Å². The van der Waals surface area contributed by atoms with Crippen molar-refractivity contribution in [3.05, 3.63) is 121 Å². The van der Waals surface area contributed by atoms with Gasteiger partial charge in [-0.25, -0.2) is 30.3 Å². The molecule has 276 valence electrons. The first-order chi connectivity index (χ1) is 23.2. The number of rotatable bonds is 21. The van der Waals surface area contributed by atoms with Gasteiger partial charge in [-0.15, -0.1) is 10.2 Å². The summed E-state index contributed by atoms with van der Waals surface area (Å²) in [5.41, 5.74) is -2.66. The Kier molecular flexibility index (Phi) is 11.0. The van der Waals surface area contributed by atoms with Crippen molar-refractivity contribution in [2.45, 2.75) is 17.4 Å². The molecule has 0 bridgehead atoms. The molecule has 0 saturated heterocycles. The number of hydrazine groups is 3. The fourth-order valence-corrected chi connectivity index (χ4v) is 3.24. The van der Waals surface area contributed by atoms with E-state index in [4.69, 9.17) is 0 Å². The minimum absolute atomic E-state index is 1.43. The van der Waals surface area contributed by atoms with E-state index in [9.17, 15) is 121 Å². The third-order valence-corrected chi connectivity index (χ3v) is 5.76. The second-order valence-electron chi connectivity index (χ2n) is 8.31. The summed E-state index contributed by atoms with van der Waals surface area (Å²) in [4.78, 5) is 117. The van der Waals surface area contributed by atoms with Gasteiger partial charge in [0.1, 0.15) is 0 Å². The molecule has 1 aromatic heterocycles. The van der Waals surface area contributed by atoms with E-state index in [1.165, 1.54) is 0 Å². The summed E-state index contributed by atoms with van der Waals surface area (Å²) in [6.07, 6.45) is 0. The first kappa shape index (κ1) is 40.2. The molecule has 0 spiro atoms. The van der Waals surface area contributed by atoms with Crippen LogP contribution < -0.4 is 15.0 Å². The zero-order valence-corrected chi connectivity index (χ0v) is 23.0. The number of aromatic nitrogens is 3. The van der Waals surface area contributed by atoms with Gasteiger partial charge in [0.05, 0.1) is 0 Å². The second-order valence-corrected chi connectivity index (χ2v) is 8.31. The molecule has 0 atom stereocenters. The molecule has 0 aliphatic carbocycles. The minimum atomic E-state index is -5.18. The molecule has 0 saturated carbocycles. The highest BCUT2D eigenvalue weighted by Crippen LogP contribution is 2.38. The smallest absolute Gasteiger partial charge is 0.253 e. The van der Waals surface area contributed by atoms with Crippen LogP contribution in [0, 0.1) is 121 Å². The number of hydrogen-bond acceptors (Lipinski definition) is 27. The molecule has 0 radical (unpaired) electrons. The van der Waals surface area contributed by atoms with Gasteiger partial charge in [-0.2, -0.15) is 0 Å². The van der Waals surface area contributed by atoms with Crippen LogP contribution in [0.1, 0.15) is 0 Å². The van der Waals surface area contributed by atoms with Gasteiger partial charge >= 0.3 is 37.0 Å². The van der Waals surface area contributed by atoms with Crippen molar-refractivity contribution in [3.8, 4) is 0 Å². The quantitative estimate of drug-likeness (QED) is 0.0647. The third kappa shape index (κ3) is 6.57. The molecule has 0 aromatic carbocycles. The summed E-state index contributed by atoms with van der Waals surface area (Å²) in [5, 5.41) is 136. The predicted octanol–water partition coefficient (Wildman–Crippen LogP) is -4.68. The molecule has 1 aromatic rings. The van der Waals surface area contributed by atoms with Crippen molar-refractivity contribution in [2.75, 3.05) is 34.7 Å². The van der Waals surface area contributed by atoms with Crippen molar-refractivity contribution in [3.63, 3.8) is 0 Å². The maximum Gasteiger partial charge on any atom is 0.723 e. The van der Waals surface area contributed by atoms with E-state index >= 15 is 0 Å². The Balaban J connectivity index is 4.73. The Labute approximate surface area is 266 Å². The van der Waals surface area contributed by atoms with Crippen LogP contribution in [0.15, 0.2) is 0 Å². The van der Waals surface area contributed by atoms with E-state index in [0.717, 1.165) is 0 Å². The maximum absolute atomic E-state index is 12.1. The SMILES string of the molecule is O=[N+]([O-])N(CC([N+](=O)[O-])([N+](=O)[O-])[N+](=O)[O-])c1nnnc(N(CC([N+](=O)[O-])([N+](=O)[O-])[N+](=O)[O-])[N+](=O)[O-])c1N(CC([N+](=O)[O-])([N+](=O)[O-])[N+](=O)[O-])[N+](=O)[O-]. The topological polar surface area (TPSA) is 566 Å². The largest absolute Gasteiger partial charge is 0.723 e. The minimum Gasteiger partial charge on any atom is -0.253 e. The summed E-state index contributed by atoms with van der Waals surface area (Å²) in [6, 6.07) is 0. The molecule has 1 rings (SSSR count). The Morgan fingerprint density at radius 1 is 0.373 bits per heavy atom. The fraction of sp³-hybridized carbons (Fsp3) is 0.667. The number of nitrogens with zero attached hydrogens (tertiary/aromatic N) is 18. The van der Waals surface area contributed by atoms with Crippen LogP contribution in [0.2, 0.25) is 0 Å². The molecule has 0 fully saturated rings. The van der Waals surface area contributed by atoms with Crippen LogP contribution in [0.5, 0.6) is 0 Å². The summed E-state index contributed by atoms with van der Waals surface area (Å²) >= 11 is 0. The Morgan fingerprint density at radius 3 is 0.745 bits per heavy atom. The molecular formula is C9H6N18O24. The Hall–Kier alpha value is -8.79. The lowest BCUT2D eigenvalue weighted by molar-refractivity contribution is -0.968. The van der Waals surface area contributed by atoms with Crippen LogP contribution in [0.4, 0.5) is 17.3 Å². The Bertz CT molecular complexity index is 1580. The number of hydrogen-bond donors (Lipinski definition) is 0. The van der Waals surface area contributed by atoms with Gasteiger partial charge in [-0.1, -0.05) is 5.01 Å². The number of anilines is 3. The van der Waals surface area contributed by atoms with Gasteiger partial charge < -0.3 is 0 Å². The molecule has 0 N–H and O–H groups in total. The second kappa shape index (κ2) is 13.9. The normalized spacial score (nSPS) is 11.3. The molecule has 51 heavy (non-hydrogen) atoms. The zero-order chi connectivity index (χ0) is 40.1. The first-order valence-electron chi connectivity index (χ1n) is 11.0.